The van der Waals surface area contributed by atoms with Crippen molar-refractivity contribution in [3.05, 3.63) is 59.4 Å². The molecule has 0 radical (unpaired) electrons. The van der Waals surface area contributed by atoms with E-state index >= 15 is 0 Å². The standard InChI is InChI=1S/C27H37ClN8O/c1-4-7-22(8-5-2)33-20-34-26(35-27(29-3)36-15-17-37-18-16-36)32-13-6-12-30-24-11-14-31-25-19-21(28)9-10-23(24)25/h4,7-11,14,19,33H,3,5-6,12-13,15-18,20H2,1-2H3,(H,30,31)(H,32,34)/b7-4-,22-8+,35-27+. The molecule has 9 nitrogen and oxygen atoms in total. The fourth-order valence-corrected chi connectivity index (χ4v) is 3.95. The highest BCUT2D eigenvalue weighted by Gasteiger charge is 2.15. The summed E-state index contributed by atoms with van der Waals surface area (Å²) in [6.07, 6.45) is 9.74. The number of anilines is 1. The molecule has 3 N–H and O–H groups in total. The second kappa shape index (κ2) is 15.6. The summed E-state index contributed by atoms with van der Waals surface area (Å²) in [7, 11) is 0. The van der Waals surface area contributed by atoms with Gasteiger partial charge in [-0.15, -0.1) is 0 Å². The molecule has 198 valence electrons. The fourth-order valence-electron chi connectivity index (χ4n) is 3.79. The van der Waals surface area contributed by atoms with Gasteiger partial charge in [0.25, 0.3) is 0 Å². The van der Waals surface area contributed by atoms with Gasteiger partial charge in [-0.05, 0) is 56.8 Å². The monoisotopic (exact) mass is 524 g/mol. The molecule has 37 heavy (non-hydrogen) atoms. The van der Waals surface area contributed by atoms with Crippen LogP contribution in [0.5, 0.6) is 0 Å². The van der Waals surface area contributed by atoms with Gasteiger partial charge >= 0.3 is 0 Å². The molecule has 1 saturated heterocycles. The lowest BCUT2D eigenvalue weighted by Gasteiger charge is -2.27. The number of rotatable bonds is 10. The number of ether oxygens (including phenoxy) is 1. The first-order chi connectivity index (χ1) is 18.1. The molecule has 2 aromatic rings. The van der Waals surface area contributed by atoms with Gasteiger partial charge < -0.3 is 25.6 Å². The van der Waals surface area contributed by atoms with Gasteiger partial charge in [0.15, 0.2) is 0 Å². The van der Waals surface area contributed by atoms with E-state index in [2.05, 4.69) is 55.5 Å². The van der Waals surface area contributed by atoms with Crippen molar-refractivity contribution in [3.8, 4) is 0 Å². The Kier molecular flexibility index (Phi) is 11.9. The first-order valence-corrected chi connectivity index (χ1v) is 13.0. The predicted octanol–water partition coefficient (Wildman–Crippen LogP) is 4.44. The van der Waals surface area contributed by atoms with Crippen LogP contribution in [0.1, 0.15) is 26.7 Å². The third kappa shape index (κ3) is 9.18. The zero-order chi connectivity index (χ0) is 26.3. The first-order valence-electron chi connectivity index (χ1n) is 12.7. The van der Waals surface area contributed by atoms with E-state index in [1.54, 1.807) is 6.20 Å². The van der Waals surface area contributed by atoms with E-state index in [0.717, 1.165) is 54.8 Å². The van der Waals surface area contributed by atoms with Gasteiger partial charge in [0, 0.05) is 54.2 Å². The summed E-state index contributed by atoms with van der Waals surface area (Å²) in [4.78, 5) is 20.0. The van der Waals surface area contributed by atoms with E-state index in [1.807, 2.05) is 43.3 Å². The lowest BCUT2D eigenvalue weighted by molar-refractivity contribution is 0.0677. The Bertz CT molecular complexity index is 1140. The Balaban J connectivity index is 1.62. The predicted molar refractivity (Wildman–Crippen MR) is 156 cm³/mol. The lowest BCUT2D eigenvalue weighted by atomic mass is 10.2. The van der Waals surface area contributed by atoms with E-state index in [-0.39, 0.29) is 0 Å². The molecule has 1 aliphatic rings. The van der Waals surface area contributed by atoms with Crippen molar-refractivity contribution in [2.24, 2.45) is 15.0 Å². The second-order valence-electron chi connectivity index (χ2n) is 8.28. The molecule has 2 heterocycles. The molecule has 0 unspecified atom stereocenters. The molecule has 3 rings (SSSR count). The molecule has 0 bridgehead atoms. The number of pyridine rings is 1. The summed E-state index contributed by atoms with van der Waals surface area (Å²) in [6, 6.07) is 7.71. The van der Waals surface area contributed by atoms with Crippen molar-refractivity contribution in [1.82, 2.24) is 20.5 Å². The van der Waals surface area contributed by atoms with Crippen LogP contribution >= 0.6 is 11.6 Å². The zero-order valence-corrected chi connectivity index (χ0v) is 22.5. The Morgan fingerprint density at radius 1 is 1.22 bits per heavy atom. The minimum absolute atomic E-state index is 0.388. The Labute approximate surface area is 224 Å². The molecular weight excluding hydrogens is 488 g/mol. The minimum Gasteiger partial charge on any atom is -0.384 e. The summed E-state index contributed by atoms with van der Waals surface area (Å²) in [6.45, 7) is 12.4. The summed E-state index contributed by atoms with van der Waals surface area (Å²) >= 11 is 6.11. The van der Waals surface area contributed by atoms with Crippen molar-refractivity contribution in [2.45, 2.75) is 26.7 Å². The van der Waals surface area contributed by atoms with E-state index in [4.69, 9.17) is 21.3 Å². The third-order valence-corrected chi connectivity index (χ3v) is 5.82. The van der Waals surface area contributed by atoms with E-state index in [9.17, 15) is 0 Å². The molecule has 0 aliphatic carbocycles. The van der Waals surface area contributed by atoms with E-state index in [1.165, 1.54) is 0 Å². The summed E-state index contributed by atoms with van der Waals surface area (Å²) in [5, 5.41) is 11.9. The average Bonchev–Trinajstić information content (AvgIpc) is 2.91. The quantitative estimate of drug-likeness (QED) is 0.184. The first kappa shape index (κ1) is 28.1. The van der Waals surface area contributed by atoms with Crippen LogP contribution in [-0.4, -0.2) is 74.6 Å². The molecule has 0 saturated carbocycles. The zero-order valence-electron chi connectivity index (χ0n) is 21.7. The summed E-state index contributed by atoms with van der Waals surface area (Å²) in [5.41, 5.74) is 2.93. The number of guanidine groups is 2. The van der Waals surface area contributed by atoms with E-state index < -0.39 is 0 Å². The van der Waals surface area contributed by atoms with Gasteiger partial charge in [-0.25, -0.2) is 9.98 Å². The third-order valence-electron chi connectivity index (χ3n) is 5.58. The molecule has 1 aliphatic heterocycles. The number of aromatic nitrogens is 1. The van der Waals surface area contributed by atoms with Gasteiger partial charge in [-0.2, -0.15) is 4.99 Å². The van der Waals surface area contributed by atoms with Crippen molar-refractivity contribution in [1.29, 1.82) is 0 Å². The van der Waals surface area contributed by atoms with Crippen LogP contribution in [0.2, 0.25) is 5.02 Å². The van der Waals surface area contributed by atoms with Gasteiger partial charge in [0.1, 0.15) is 6.67 Å². The number of allylic oxidation sites excluding steroid dienone is 3. The number of nitrogens with one attached hydrogen (secondary N) is 3. The summed E-state index contributed by atoms with van der Waals surface area (Å²) < 4.78 is 5.45. The van der Waals surface area contributed by atoms with Crippen LogP contribution in [0.25, 0.3) is 10.9 Å². The number of hydrogen-bond acceptors (Lipinski definition) is 5. The van der Waals surface area contributed by atoms with Crippen molar-refractivity contribution < 1.29 is 4.74 Å². The number of halogens is 1. The highest BCUT2D eigenvalue weighted by molar-refractivity contribution is 6.31. The van der Waals surface area contributed by atoms with Crippen LogP contribution in [0.4, 0.5) is 5.69 Å². The fraction of sp³-hybridized carbons (Fsp3) is 0.407. The normalized spacial score (nSPS) is 15.3. The molecule has 0 amide bonds. The lowest BCUT2D eigenvalue weighted by Crippen LogP contribution is -2.41. The molecule has 1 aromatic heterocycles. The highest BCUT2D eigenvalue weighted by Crippen LogP contribution is 2.24. The maximum absolute atomic E-state index is 6.11. The van der Waals surface area contributed by atoms with Gasteiger partial charge in [0.2, 0.25) is 11.9 Å². The van der Waals surface area contributed by atoms with Crippen molar-refractivity contribution in [2.75, 3.05) is 51.4 Å². The van der Waals surface area contributed by atoms with E-state index in [0.29, 0.717) is 43.4 Å². The summed E-state index contributed by atoms with van der Waals surface area (Å²) in [5.74, 6) is 1.06. The number of fused-ring (bicyclic) bond motifs is 1. The van der Waals surface area contributed by atoms with Gasteiger partial charge in [-0.1, -0.05) is 30.7 Å². The molecule has 0 atom stereocenters. The Morgan fingerprint density at radius 2 is 2.05 bits per heavy atom. The van der Waals surface area contributed by atoms with Crippen molar-refractivity contribution in [3.63, 3.8) is 0 Å². The van der Waals surface area contributed by atoms with Gasteiger partial charge in [-0.3, -0.25) is 4.98 Å². The Morgan fingerprint density at radius 3 is 2.81 bits per heavy atom. The topological polar surface area (TPSA) is 98.5 Å². The molecular formula is C27H37ClN8O. The van der Waals surface area contributed by atoms with Crippen LogP contribution in [0.3, 0.4) is 0 Å². The number of nitrogens with zero attached hydrogens (tertiary/aromatic N) is 5. The SMILES string of the molecule is C=N/C(=N\C(=N/CNC(/C=C\C)=C/CC)NCCCNc1ccnc2cc(Cl)ccc12)N1CCOCC1. The molecule has 10 heteroatoms. The molecule has 1 aromatic carbocycles. The number of morpholine rings is 1. The number of benzene rings is 1. The van der Waals surface area contributed by atoms with Crippen molar-refractivity contribution >= 4 is 46.8 Å². The molecule has 1 fully saturated rings. The van der Waals surface area contributed by atoms with Crippen LogP contribution in [-0.2, 0) is 4.74 Å². The maximum atomic E-state index is 6.11. The van der Waals surface area contributed by atoms with Crippen LogP contribution in [0, 0.1) is 0 Å². The average molecular weight is 525 g/mol. The van der Waals surface area contributed by atoms with Crippen LogP contribution in [0.15, 0.2) is 69.4 Å². The maximum Gasteiger partial charge on any atom is 0.228 e. The van der Waals surface area contributed by atoms with Gasteiger partial charge in [0.05, 0.1) is 18.7 Å². The van der Waals surface area contributed by atoms with Crippen LogP contribution < -0.4 is 16.0 Å². The number of hydrogen-bond donors (Lipinski definition) is 3. The largest absolute Gasteiger partial charge is 0.384 e. The number of aliphatic imine (C=N–C) groups is 3. The molecule has 0 spiro atoms. The highest BCUT2D eigenvalue weighted by atomic mass is 35.5. The second-order valence-corrected chi connectivity index (χ2v) is 8.72. The Hall–Kier alpha value is -3.43. The smallest absolute Gasteiger partial charge is 0.228 e. The minimum atomic E-state index is 0.388.